The molecule has 2 fully saturated rings. The number of rotatable bonds is 2. The third-order valence-electron chi connectivity index (χ3n) is 4.47. The van der Waals surface area contributed by atoms with E-state index in [0.29, 0.717) is 17.6 Å². The predicted molar refractivity (Wildman–Crippen MR) is 66.6 cm³/mol. The molecule has 3 atom stereocenters. The zero-order valence-electron chi connectivity index (χ0n) is 11.1. The molecule has 0 aromatic rings. The average molecular weight is 226 g/mol. The van der Waals surface area contributed by atoms with E-state index in [4.69, 9.17) is 4.74 Å². The summed E-state index contributed by atoms with van der Waals surface area (Å²) in [4.78, 5) is 2.67. The molecule has 3 nitrogen and oxygen atoms in total. The molecule has 1 saturated carbocycles. The highest BCUT2D eigenvalue weighted by Crippen LogP contribution is 2.45. The molecule has 3 heteroatoms. The molecule has 3 unspecified atom stereocenters. The highest BCUT2D eigenvalue weighted by atomic mass is 16.5. The minimum absolute atomic E-state index is 0.318. The maximum atomic E-state index is 5.54. The van der Waals surface area contributed by atoms with Crippen LogP contribution in [0.1, 0.15) is 27.2 Å². The Morgan fingerprint density at radius 2 is 2.12 bits per heavy atom. The summed E-state index contributed by atoms with van der Waals surface area (Å²) in [6.45, 7) is 11.7. The van der Waals surface area contributed by atoms with Crippen LogP contribution < -0.4 is 5.32 Å². The van der Waals surface area contributed by atoms with Crippen LogP contribution >= 0.6 is 0 Å². The Hall–Kier alpha value is -0.120. The van der Waals surface area contributed by atoms with Crippen LogP contribution in [0.5, 0.6) is 0 Å². The van der Waals surface area contributed by atoms with Gasteiger partial charge in [0.15, 0.2) is 0 Å². The van der Waals surface area contributed by atoms with Gasteiger partial charge in [0, 0.05) is 38.2 Å². The first-order chi connectivity index (χ1) is 7.55. The summed E-state index contributed by atoms with van der Waals surface area (Å²) < 4.78 is 5.54. The van der Waals surface area contributed by atoms with Gasteiger partial charge in [-0.25, -0.2) is 0 Å². The second-order valence-electron chi connectivity index (χ2n) is 6.10. The van der Waals surface area contributed by atoms with Crippen molar-refractivity contribution in [2.45, 2.75) is 39.3 Å². The lowest BCUT2D eigenvalue weighted by atomic mass is 9.63. The van der Waals surface area contributed by atoms with Gasteiger partial charge < -0.3 is 10.1 Å². The fourth-order valence-electron chi connectivity index (χ4n) is 3.29. The van der Waals surface area contributed by atoms with Gasteiger partial charge in [-0.1, -0.05) is 20.8 Å². The van der Waals surface area contributed by atoms with E-state index < -0.39 is 0 Å². The Morgan fingerprint density at radius 1 is 1.38 bits per heavy atom. The topological polar surface area (TPSA) is 24.5 Å². The van der Waals surface area contributed by atoms with E-state index in [1.54, 1.807) is 0 Å². The normalized spacial score (nSPS) is 40.1. The van der Waals surface area contributed by atoms with Crippen molar-refractivity contribution in [1.29, 1.82) is 0 Å². The SMILES string of the molecule is COC1CC(N2CCNCC(C)C2)C1(C)C. The zero-order valence-corrected chi connectivity index (χ0v) is 11.1. The van der Waals surface area contributed by atoms with Crippen molar-refractivity contribution in [2.75, 3.05) is 33.3 Å². The van der Waals surface area contributed by atoms with Crippen LogP contribution in [-0.2, 0) is 4.74 Å². The number of hydrogen-bond acceptors (Lipinski definition) is 3. The molecule has 0 aromatic heterocycles. The van der Waals surface area contributed by atoms with Crippen LogP contribution in [0.15, 0.2) is 0 Å². The lowest BCUT2D eigenvalue weighted by molar-refractivity contribution is -0.138. The van der Waals surface area contributed by atoms with Crippen molar-refractivity contribution < 1.29 is 4.74 Å². The quantitative estimate of drug-likeness (QED) is 0.769. The largest absolute Gasteiger partial charge is 0.381 e. The molecule has 16 heavy (non-hydrogen) atoms. The number of nitrogens with zero attached hydrogens (tertiary/aromatic N) is 1. The van der Waals surface area contributed by atoms with Crippen LogP contribution in [0.4, 0.5) is 0 Å². The standard InChI is InChI=1S/C13H26N2O/c1-10-8-14-5-6-15(9-10)11-7-12(16-4)13(11,2)3/h10-12,14H,5-9H2,1-4H3. The Labute approximate surface area is 99.5 Å². The van der Waals surface area contributed by atoms with Crippen molar-refractivity contribution in [3.05, 3.63) is 0 Å². The third-order valence-corrected chi connectivity index (χ3v) is 4.47. The van der Waals surface area contributed by atoms with Crippen LogP contribution in [0.3, 0.4) is 0 Å². The van der Waals surface area contributed by atoms with Gasteiger partial charge in [-0.05, 0) is 18.9 Å². The fourth-order valence-corrected chi connectivity index (χ4v) is 3.29. The van der Waals surface area contributed by atoms with E-state index >= 15 is 0 Å². The van der Waals surface area contributed by atoms with Gasteiger partial charge in [-0.15, -0.1) is 0 Å². The molecule has 2 rings (SSSR count). The molecule has 2 aliphatic rings. The third kappa shape index (κ3) is 2.13. The number of nitrogens with one attached hydrogen (secondary N) is 1. The predicted octanol–water partition coefficient (Wildman–Crippen LogP) is 1.34. The minimum Gasteiger partial charge on any atom is -0.381 e. The molecular weight excluding hydrogens is 200 g/mol. The zero-order chi connectivity index (χ0) is 11.8. The first kappa shape index (κ1) is 12.3. The van der Waals surface area contributed by atoms with Gasteiger partial charge in [0.05, 0.1) is 6.10 Å². The molecule has 1 heterocycles. The second kappa shape index (κ2) is 4.63. The summed E-state index contributed by atoms with van der Waals surface area (Å²) in [5, 5.41) is 3.51. The van der Waals surface area contributed by atoms with Crippen molar-refractivity contribution >= 4 is 0 Å². The van der Waals surface area contributed by atoms with E-state index in [1.807, 2.05) is 7.11 Å². The average Bonchev–Trinajstić information content (AvgIpc) is 2.42. The maximum absolute atomic E-state index is 5.54. The summed E-state index contributed by atoms with van der Waals surface area (Å²) in [5.41, 5.74) is 0.318. The van der Waals surface area contributed by atoms with Gasteiger partial charge in [0.1, 0.15) is 0 Å². The van der Waals surface area contributed by atoms with E-state index in [9.17, 15) is 0 Å². The number of ether oxygens (including phenoxy) is 1. The van der Waals surface area contributed by atoms with Gasteiger partial charge in [0.2, 0.25) is 0 Å². The van der Waals surface area contributed by atoms with Gasteiger partial charge >= 0.3 is 0 Å². The number of hydrogen-bond donors (Lipinski definition) is 1. The highest BCUT2D eigenvalue weighted by Gasteiger charge is 2.51. The highest BCUT2D eigenvalue weighted by molar-refractivity contribution is 5.04. The van der Waals surface area contributed by atoms with E-state index in [1.165, 1.54) is 19.5 Å². The van der Waals surface area contributed by atoms with Crippen LogP contribution in [0.2, 0.25) is 0 Å². The molecule has 1 saturated heterocycles. The minimum atomic E-state index is 0.318. The first-order valence-electron chi connectivity index (χ1n) is 6.53. The first-order valence-corrected chi connectivity index (χ1v) is 6.53. The molecule has 0 spiro atoms. The van der Waals surface area contributed by atoms with E-state index in [-0.39, 0.29) is 0 Å². The molecule has 1 aliphatic heterocycles. The molecule has 1 N–H and O–H groups in total. The fraction of sp³-hybridized carbons (Fsp3) is 1.00. The molecule has 0 amide bonds. The molecule has 1 aliphatic carbocycles. The van der Waals surface area contributed by atoms with Crippen LogP contribution in [0, 0.1) is 11.3 Å². The summed E-state index contributed by atoms with van der Waals surface area (Å²) in [7, 11) is 1.84. The smallest absolute Gasteiger partial charge is 0.0652 e. The summed E-state index contributed by atoms with van der Waals surface area (Å²) in [6, 6.07) is 0.708. The van der Waals surface area contributed by atoms with Crippen LogP contribution in [0.25, 0.3) is 0 Å². The monoisotopic (exact) mass is 226 g/mol. The van der Waals surface area contributed by atoms with Crippen molar-refractivity contribution in [3.8, 4) is 0 Å². The van der Waals surface area contributed by atoms with E-state index in [2.05, 4.69) is 31.0 Å². The summed E-state index contributed by atoms with van der Waals surface area (Å²) in [5.74, 6) is 0.764. The van der Waals surface area contributed by atoms with E-state index in [0.717, 1.165) is 19.0 Å². The molecule has 0 radical (unpaired) electrons. The lowest BCUT2D eigenvalue weighted by Gasteiger charge is -2.55. The summed E-state index contributed by atoms with van der Waals surface area (Å²) in [6.07, 6.45) is 1.65. The Kier molecular flexibility index (Phi) is 3.57. The van der Waals surface area contributed by atoms with Crippen LogP contribution in [-0.4, -0.2) is 50.3 Å². The second-order valence-corrected chi connectivity index (χ2v) is 6.10. The summed E-state index contributed by atoms with van der Waals surface area (Å²) >= 11 is 0. The molecule has 0 bridgehead atoms. The Bertz CT molecular complexity index is 242. The molecule has 94 valence electrons. The molecule has 0 aromatic carbocycles. The lowest BCUT2D eigenvalue weighted by Crippen LogP contribution is -2.62. The maximum Gasteiger partial charge on any atom is 0.0652 e. The van der Waals surface area contributed by atoms with Crippen molar-refractivity contribution in [2.24, 2.45) is 11.3 Å². The van der Waals surface area contributed by atoms with Crippen molar-refractivity contribution in [1.82, 2.24) is 10.2 Å². The van der Waals surface area contributed by atoms with Gasteiger partial charge in [-0.2, -0.15) is 0 Å². The Morgan fingerprint density at radius 3 is 2.75 bits per heavy atom. The molecular formula is C13H26N2O. The van der Waals surface area contributed by atoms with Gasteiger partial charge in [-0.3, -0.25) is 4.90 Å². The van der Waals surface area contributed by atoms with Crippen molar-refractivity contribution in [3.63, 3.8) is 0 Å². The van der Waals surface area contributed by atoms with Gasteiger partial charge in [0.25, 0.3) is 0 Å². The Balaban J connectivity index is 1.97. The number of methoxy groups -OCH3 is 1.